The summed E-state index contributed by atoms with van der Waals surface area (Å²) < 4.78 is 26.1. The number of anilines is 1. The highest BCUT2D eigenvalue weighted by Crippen LogP contribution is 2.29. The van der Waals surface area contributed by atoms with Gasteiger partial charge in [-0.3, -0.25) is 4.57 Å². The lowest BCUT2D eigenvalue weighted by Gasteiger charge is -2.09. The van der Waals surface area contributed by atoms with E-state index in [1.165, 1.54) is 24.2 Å². The Bertz CT molecular complexity index is 540. The third kappa shape index (κ3) is 2.64. The van der Waals surface area contributed by atoms with Gasteiger partial charge in [-0.2, -0.15) is 8.78 Å². The average molecular weight is 269 g/mol. The summed E-state index contributed by atoms with van der Waals surface area (Å²) in [6, 6.07) is 5.59. The third-order valence-electron chi connectivity index (χ3n) is 2.64. The summed E-state index contributed by atoms with van der Waals surface area (Å²) in [5, 5.41) is 0. The smallest absolute Gasteiger partial charge is 0.319 e. The fourth-order valence-corrected chi connectivity index (χ4v) is 2.58. The van der Waals surface area contributed by atoms with Gasteiger partial charge in [-0.05, 0) is 24.6 Å². The number of hydrogen-bond acceptors (Lipinski definition) is 3. The number of benzene rings is 1. The summed E-state index contributed by atoms with van der Waals surface area (Å²) in [4.78, 5) is 4.92. The summed E-state index contributed by atoms with van der Waals surface area (Å²) in [6.45, 7) is -0.637. The highest BCUT2D eigenvalue weighted by Gasteiger charge is 2.12. The quantitative estimate of drug-likeness (QED) is 0.683. The summed E-state index contributed by atoms with van der Waals surface area (Å²) in [5.41, 5.74) is 7.47. The van der Waals surface area contributed by atoms with Gasteiger partial charge in [0.25, 0.3) is 0 Å². The fourth-order valence-electron chi connectivity index (χ4n) is 1.56. The van der Waals surface area contributed by atoms with Crippen molar-refractivity contribution in [1.82, 2.24) is 9.55 Å². The van der Waals surface area contributed by atoms with Crippen molar-refractivity contribution in [2.45, 2.75) is 24.1 Å². The molecule has 0 spiro atoms. The molecule has 0 bridgehead atoms. The second-order valence-electron chi connectivity index (χ2n) is 3.79. The minimum Gasteiger partial charge on any atom is -0.398 e. The van der Waals surface area contributed by atoms with Crippen LogP contribution in [-0.4, -0.2) is 9.55 Å². The predicted molar refractivity (Wildman–Crippen MR) is 68.6 cm³/mol. The van der Waals surface area contributed by atoms with Crippen LogP contribution in [0, 0.1) is 6.92 Å². The number of nitrogens with zero attached hydrogens (tertiary/aromatic N) is 2. The van der Waals surface area contributed by atoms with E-state index in [0.717, 1.165) is 15.0 Å². The first-order chi connectivity index (χ1) is 8.59. The molecule has 0 saturated carbocycles. The standard InChI is InChI=1S/C12H13F2N3S/c1-8-9(15)3-2-4-10(8)18-7-11-16-5-6-17(11)12(13)14/h2-6,12H,7,15H2,1H3. The van der Waals surface area contributed by atoms with E-state index in [2.05, 4.69) is 4.98 Å². The van der Waals surface area contributed by atoms with Crippen LogP contribution in [0.5, 0.6) is 0 Å². The lowest BCUT2D eigenvalue weighted by Crippen LogP contribution is -2.02. The molecule has 0 amide bonds. The van der Waals surface area contributed by atoms with Crippen molar-refractivity contribution in [3.8, 4) is 0 Å². The molecular weight excluding hydrogens is 256 g/mol. The first-order valence-corrected chi connectivity index (χ1v) is 6.36. The summed E-state index contributed by atoms with van der Waals surface area (Å²) in [7, 11) is 0. The maximum absolute atomic E-state index is 12.6. The number of halogens is 2. The molecule has 2 rings (SSSR count). The van der Waals surface area contributed by atoms with Gasteiger partial charge in [0.1, 0.15) is 5.82 Å². The van der Waals surface area contributed by atoms with Crippen molar-refractivity contribution < 1.29 is 8.78 Å². The highest BCUT2D eigenvalue weighted by atomic mass is 32.2. The number of hydrogen-bond donors (Lipinski definition) is 1. The molecule has 0 aliphatic heterocycles. The normalized spacial score (nSPS) is 11.1. The topological polar surface area (TPSA) is 43.8 Å². The van der Waals surface area contributed by atoms with E-state index >= 15 is 0 Å². The maximum Gasteiger partial charge on any atom is 0.319 e. The van der Waals surface area contributed by atoms with Crippen LogP contribution in [0.3, 0.4) is 0 Å². The monoisotopic (exact) mass is 269 g/mol. The van der Waals surface area contributed by atoms with Crippen molar-refractivity contribution >= 4 is 17.4 Å². The number of thioether (sulfide) groups is 1. The molecule has 0 aliphatic rings. The Morgan fingerprint density at radius 2 is 2.22 bits per heavy atom. The third-order valence-corrected chi connectivity index (χ3v) is 3.80. The zero-order valence-corrected chi connectivity index (χ0v) is 10.6. The minimum atomic E-state index is -2.55. The van der Waals surface area contributed by atoms with Crippen molar-refractivity contribution in [2.75, 3.05) is 5.73 Å². The van der Waals surface area contributed by atoms with Gasteiger partial charge in [0.15, 0.2) is 0 Å². The Hall–Kier alpha value is -1.56. The Labute approximate surface area is 108 Å². The van der Waals surface area contributed by atoms with Gasteiger partial charge >= 0.3 is 6.55 Å². The Balaban J connectivity index is 2.12. The number of nitrogens with two attached hydrogens (primary N) is 1. The molecule has 0 atom stereocenters. The van der Waals surface area contributed by atoms with Crippen LogP contribution < -0.4 is 5.73 Å². The lowest BCUT2D eigenvalue weighted by molar-refractivity contribution is 0.0678. The van der Waals surface area contributed by atoms with E-state index in [0.29, 0.717) is 17.3 Å². The van der Waals surface area contributed by atoms with E-state index in [1.807, 2.05) is 25.1 Å². The SMILES string of the molecule is Cc1c(N)cccc1SCc1nccn1C(F)F. The molecular formula is C12H13F2N3S. The van der Waals surface area contributed by atoms with Gasteiger partial charge in [-0.15, -0.1) is 11.8 Å². The number of rotatable bonds is 4. The van der Waals surface area contributed by atoms with Gasteiger partial charge in [-0.25, -0.2) is 4.98 Å². The zero-order chi connectivity index (χ0) is 13.1. The predicted octanol–water partition coefficient (Wildman–Crippen LogP) is 3.46. The molecule has 3 nitrogen and oxygen atoms in total. The molecule has 96 valence electrons. The van der Waals surface area contributed by atoms with Crippen LogP contribution in [0.1, 0.15) is 17.9 Å². The first-order valence-electron chi connectivity index (χ1n) is 5.37. The molecule has 6 heteroatoms. The molecule has 0 saturated heterocycles. The number of alkyl halides is 2. The van der Waals surface area contributed by atoms with Crippen molar-refractivity contribution in [2.24, 2.45) is 0 Å². The first kappa shape index (κ1) is 12.9. The van der Waals surface area contributed by atoms with Crippen LogP contribution in [0.15, 0.2) is 35.5 Å². The van der Waals surface area contributed by atoms with Crippen LogP contribution >= 0.6 is 11.8 Å². The molecule has 0 aliphatic carbocycles. The Kier molecular flexibility index (Phi) is 3.86. The Morgan fingerprint density at radius 1 is 1.44 bits per heavy atom. The van der Waals surface area contributed by atoms with Crippen molar-refractivity contribution in [3.63, 3.8) is 0 Å². The van der Waals surface area contributed by atoms with Gasteiger partial charge in [0, 0.05) is 23.0 Å². The number of aromatic nitrogens is 2. The van der Waals surface area contributed by atoms with Crippen LogP contribution in [0.25, 0.3) is 0 Å². The van der Waals surface area contributed by atoms with E-state index in [9.17, 15) is 8.78 Å². The van der Waals surface area contributed by atoms with E-state index in [-0.39, 0.29) is 0 Å². The molecule has 0 radical (unpaired) electrons. The van der Waals surface area contributed by atoms with Gasteiger partial charge in [0.2, 0.25) is 0 Å². The molecule has 18 heavy (non-hydrogen) atoms. The average Bonchev–Trinajstić information content (AvgIpc) is 2.79. The second-order valence-corrected chi connectivity index (χ2v) is 4.80. The zero-order valence-electron chi connectivity index (χ0n) is 9.81. The van der Waals surface area contributed by atoms with Gasteiger partial charge < -0.3 is 5.73 Å². The molecule has 0 unspecified atom stereocenters. The van der Waals surface area contributed by atoms with Gasteiger partial charge in [-0.1, -0.05) is 6.07 Å². The minimum absolute atomic E-state index is 0.358. The lowest BCUT2D eigenvalue weighted by atomic mass is 10.2. The second kappa shape index (κ2) is 5.39. The maximum atomic E-state index is 12.6. The molecule has 2 aromatic rings. The van der Waals surface area contributed by atoms with E-state index in [1.54, 1.807) is 0 Å². The molecule has 1 aromatic carbocycles. The van der Waals surface area contributed by atoms with Crippen molar-refractivity contribution in [3.05, 3.63) is 42.0 Å². The number of imidazole rings is 1. The highest BCUT2D eigenvalue weighted by molar-refractivity contribution is 7.98. The number of nitrogen functional groups attached to an aromatic ring is 1. The molecule has 1 heterocycles. The fraction of sp³-hybridized carbons (Fsp3) is 0.250. The van der Waals surface area contributed by atoms with Gasteiger partial charge in [0.05, 0.1) is 5.75 Å². The molecule has 0 fully saturated rings. The molecule has 2 N–H and O–H groups in total. The van der Waals surface area contributed by atoms with Crippen LogP contribution in [0.4, 0.5) is 14.5 Å². The largest absolute Gasteiger partial charge is 0.398 e. The van der Waals surface area contributed by atoms with E-state index < -0.39 is 6.55 Å². The molecule has 1 aromatic heterocycles. The summed E-state index contributed by atoms with van der Waals surface area (Å²) in [5.74, 6) is 0.749. The van der Waals surface area contributed by atoms with Crippen molar-refractivity contribution in [1.29, 1.82) is 0 Å². The van der Waals surface area contributed by atoms with Crippen LogP contribution in [-0.2, 0) is 5.75 Å². The summed E-state index contributed by atoms with van der Waals surface area (Å²) in [6.07, 6.45) is 2.67. The Morgan fingerprint density at radius 3 is 2.94 bits per heavy atom. The van der Waals surface area contributed by atoms with Crippen LogP contribution in [0.2, 0.25) is 0 Å². The summed E-state index contributed by atoms with van der Waals surface area (Å²) >= 11 is 1.45. The van der Waals surface area contributed by atoms with E-state index in [4.69, 9.17) is 5.73 Å².